The standard InChI is InChI=1S/C29H34O5Si/c1-29(2,3)35(23-16-10-6-11-17-23,24-18-12-7-13-19-24)32-21-26-25(20-27(31-4)33-26)34-28(30)22-14-8-5-9-15-22/h5-19,25-27H,20-21H2,1-4H3/t25-,26+,27?/m0/s1. The maximum atomic E-state index is 12.8. The van der Waals surface area contributed by atoms with Crippen LogP contribution in [0.5, 0.6) is 0 Å². The van der Waals surface area contributed by atoms with Gasteiger partial charge in [0.25, 0.3) is 8.32 Å². The van der Waals surface area contributed by atoms with Gasteiger partial charge in [-0.25, -0.2) is 4.79 Å². The van der Waals surface area contributed by atoms with Crippen LogP contribution in [0.4, 0.5) is 0 Å². The molecule has 1 fully saturated rings. The summed E-state index contributed by atoms with van der Waals surface area (Å²) < 4.78 is 24.5. The molecule has 6 heteroatoms. The topological polar surface area (TPSA) is 54.0 Å². The van der Waals surface area contributed by atoms with Crippen LogP contribution in [-0.2, 0) is 18.6 Å². The molecule has 184 valence electrons. The first-order valence-corrected chi connectivity index (χ1v) is 14.0. The summed E-state index contributed by atoms with van der Waals surface area (Å²) in [6, 6.07) is 29.9. The lowest BCUT2D eigenvalue weighted by molar-refractivity contribution is -0.126. The molecule has 1 heterocycles. The fourth-order valence-electron chi connectivity index (χ4n) is 4.85. The molecule has 1 aliphatic rings. The predicted molar refractivity (Wildman–Crippen MR) is 140 cm³/mol. The van der Waals surface area contributed by atoms with Crippen molar-refractivity contribution in [1.82, 2.24) is 0 Å². The number of ether oxygens (including phenoxy) is 3. The van der Waals surface area contributed by atoms with E-state index in [1.54, 1.807) is 19.2 Å². The quantitative estimate of drug-likeness (QED) is 0.343. The van der Waals surface area contributed by atoms with Crippen molar-refractivity contribution in [3.63, 3.8) is 0 Å². The third-order valence-corrected chi connectivity index (χ3v) is 11.6. The molecule has 1 saturated heterocycles. The van der Waals surface area contributed by atoms with Crippen molar-refractivity contribution in [2.24, 2.45) is 0 Å². The minimum atomic E-state index is -2.74. The lowest BCUT2D eigenvalue weighted by atomic mass is 10.2. The van der Waals surface area contributed by atoms with Gasteiger partial charge in [-0.05, 0) is 27.5 Å². The van der Waals surface area contributed by atoms with Crippen LogP contribution in [0, 0.1) is 0 Å². The molecule has 0 amide bonds. The third-order valence-electron chi connectivity index (χ3n) is 6.58. The highest BCUT2D eigenvalue weighted by atomic mass is 28.4. The molecule has 0 aromatic heterocycles. The summed E-state index contributed by atoms with van der Waals surface area (Å²) in [5.74, 6) is -0.369. The molecule has 4 rings (SSSR count). The Kier molecular flexibility index (Phi) is 7.87. The van der Waals surface area contributed by atoms with E-state index in [0.29, 0.717) is 18.6 Å². The Morgan fingerprint density at radius 2 is 1.40 bits per heavy atom. The van der Waals surface area contributed by atoms with E-state index in [-0.39, 0.29) is 11.0 Å². The van der Waals surface area contributed by atoms with Crippen LogP contribution in [-0.4, -0.2) is 46.5 Å². The fourth-order valence-corrected chi connectivity index (χ4v) is 9.42. The van der Waals surface area contributed by atoms with Gasteiger partial charge in [-0.2, -0.15) is 0 Å². The highest BCUT2D eigenvalue weighted by Crippen LogP contribution is 2.37. The van der Waals surface area contributed by atoms with E-state index in [2.05, 4.69) is 69.3 Å². The van der Waals surface area contributed by atoms with Crippen LogP contribution in [0.3, 0.4) is 0 Å². The molecule has 0 spiro atoms. The molecule has 0 radical (unpaired) electrons. The van der Waals surface area contributed by atoms with Crippen LogP contribution in [0.15, 0.2) is 91.0 Å². The maximum Gasteiger partial charge on any atom is 0.338 e. The average molecular weight is 491 g/mol. The second-order valence-corrected chi connectivity index (χ2v) is 14.2. The van der Waals surface area contributed by atoms with Gasteiger partial charge in [-0.15, -0.1) is 0 Å². The molecule has 35 heavy (non-hydrogen) atoms. The van der Waals surface area contributed by atoms with Crippen molar-refractivity contribution in [1.29, 1.82) is 0 Å². The number of carbonyl (C=O) groups is 1. The molecule has 1 unspecified atom stereocenters. The first-order valence-electron chi connectivity index (χ1n) is 12.0. The lowest BCUT2D eigenvalue weighted by Crippen LogP contribution is -2.67. The zero-order chi connectivity index (χ0) is 24.9. The van der Waals surface area contributed by atoms with Crippen LogP contribution in [0.2, 0.25) is 5.04 Å². The largest absolute Gasteiger partial charge is 0.456 e. The molecule has 3 aromatic carbocycles. The molecule has 1 aliphatic heterocycles. The summed E-state index contributed by atoms with van der Waals surface area (Å²) in [7, 11) is -1.14. The second-order valence-electron chi connectivity index (χ2n) is 9.86. The molecule has 0 saturated carbocycles. The summed E-state index contributed by atoms with van der Waals surface area (Å²) >= 11 is 0. The number of rotatable bonds is 8. The molecular weight excluding hydrogens is 456 g/mol. The van der Waals surface area contributed by atoms with Gasteiger partial charge < -0.3 is 18.6 Å². The Labute approximate surface area is 209 Å². The number of hydrogen-bond donors (Lipinski definition) is 0. The Morgan fingerprint density at radius 3 is 1.89 bits per heavy atom. The summed E-state index contributed by atoms with van der Waals surface area (Å²) in [4.78, 5) is 12.8. The molecule has 0 bridgehead atoms. The minimum absolute atomic E-state index is 0.162. The Balaban J connectivity index is 1.63. The highest BCUT2D eigenvalue weighted by molar-refractivity contribution is 6.99. The Bertz CT molecular complexity index is 1040. The van der Waals surface area contributed by atoms with E-state index in [0.717, 1.165) is 0 Å². The van der Waals surface area contributed by atoms with Crippen molar-refractivity contribution in [3.05, 3.63) is 96.6 Å². The number of methoxy groups -OCH3 is 1. The predicted octanol–water partition coefficient (Wildman–Crippen LogP) is 4.55. The van der Waals surface area contributed by atoms with Crippen molar-refractivity contribution in [3.8, 4) is 0 Å². The smallest absolute Gasteiger partial charge is 0.338 e. The number of carbonyl (C=O) groups excluding carboxylic acids is 1. The highest BCUT2D eigenvalue weighted by Gasteiger charge is 2.51. The van der Waals surface area contributed by atoms with Gasteiger partial charge in [0.2, 0.25) is 0 Å². The molecule has 5 nitrogen and oxygen atoms in total. The molecule has 0 N–H and O–H groups in total. The lowest BCUT2D eigenvalue weighted by Gasteiger charge is -2.43. The minimum Gasteiger partial charge on any atom is -0.456 e. The van der Waals surface area contributed by atoms with E-state index in [9.17, 15) is 4.79 Å². The number of hydrogen-bond acceptors (Lipinski definition) is 5. The van der Waals surface area contributed by atoms with Gasteiger partial charge in [0.15, 0.2) is 6.29 Å². The van der Waals surface area contributed by atoms with Gasteiger partial charge in [0.05, 0.1) is 12.2 Å². The average Bonchev–Trinajstić information content (AvgIpc) is 3.27. The second kappa shape index (κ2) is 10.9. The van der Waals surface area contributed by atoms with Gasteiger partial charge in [0, 0.05) is 13.5 Å². The number of esters is 1. The molecule has 0 aliphatic carbocycles. The third kappa shape index (κ3) is 5.41. The SMILES string of the molecule is COC1C[C@H](OC(=O)c2ccccc2)[C@@H](CO[Si](c2ccccc2)(c2ccccc2)C(C)(C)C)O1. The normalized spacial score (nSPS) is 20.5. The van der Waals surface area contributed by atoms with Gasteiger partial charge in [0.1, 0.15) is 12.2 Å². The van der Waals surface area contributed by atoms with E-state index in [1.807, 2.05) is 30.3 Å². The van der Waals surface area contributed by atoms with Crippen LogP contribution >= 0.6 is 0 Å². The van der Waals surface area contributed by atoms with Gasteiger partial charge >= 0.3 is 5.97 Å². The molecule has 3 aromatic rings. The van der Waals surface area contributed by atoms with Crippen molar-refractivity contribution in [2.75, 3.05) is 13.7 Å². The van der Waals surface area contributed by atoms with Crippen LogP contribution in [0.1, 0.15) is 37.6 Å². The van der Waals surface area contributed by atoms with E-state index < -0.39 is 26.8 Å². The summed E-state index contributed by atoms with van der Waals surface area (Å²) in [5, 5.41) is 2.22. The fraction of sp³-hybridized carbons (Fsp3) is 0.345. The van der Waals surface area contributed by atoms with Crippen molar-refractivity contribution >= 4 is 24.7 Å². The number of benzene rings is 3. The zero-order valence-corrected chi connectivity index (χ0v) is 21.8. The molecular formula is C29H34O5Si. The van der Waals surface area contributed by atoms with Gasteiger partial charge in [-0.1, -0.05) is 99.6 Å². The Morgan fingerprint density at radius 1 is 0.886 bits per heavy atom. The first-order chi connectivity index (χ1) is 16.8. The monoisotopic (exact) mass is 490 g/mol. The summed E-state index contributed by atoms with van der Waals surface area (Å²) in [6.45, 7) is 7.00. The maximum absolute atomic E-state index is 12.8. The van der Waals surface area contributed by atoms with Crippen molar-refractivity contribution in [2.45, 2.75) is 50.7 Å². The summed E-state index contributed by atoms with van der Waals surface area (Å²) in [5.41, 5.74) is 0.514. The van der Waals surface area contributed by atoms with Crippen LogP contribution in [0.25, 0.3) is 0 Å². The van der Waals surface area contributed by atoms with Gasteiger partial charge in [-0.3, -0.25) is 0 Å². The van der Waals surface area contributed by atoms with E-state index in [1.165, 1.54) is 10.4 Å². The molecule has 3 atom stereocenters. The van der Waals surface area contributed by atoms with Crippen LogP contribution < -0.4 is 10.4 Å². The first kappa shape index (κ1) is 25.3. The summed E-state index contributed by atoms with van der Waals surface area (Å²) in [6.07, 6.45) is -0.888. The van der Waals surface area contributed by atoms with Crippen molar-refractivity contribution < 1.29 is 23.4 Å². The van der Waals surface area contributed by atoms with E-state index in [4.69, 9.17) is 18.6 Å². The Hall–Kier alpha value is -2.77. The van der Waals surface area contributed by atoms with E-state index >= 15 is 0 Å². The zero-order valence-electron chi connectivity index (χ0n) is 20.8.